The van der Waals surface area contributed by atoms with Crippen LogP contribution in [0.5, 0.6) is 0 Å². The van der Waals surface area contributed by atoms with Gasteiger partial charge in [-0.1, -0.05) is 0 Å². The third-order valence-electron chi connectivity index (χ3n) is 3.03. The van der Waals surface area contributed by atoms with E-state index in [1.54, 1.807) is 12.4 Å². The molecule has 1 fully saturated rings. The Morgan fingerprint density at radius 1 is 1.44 bits per heavy atom. The first-order valence-corrected chi connectivity index (χ1v) is 6.88. The van der Waals surface area contributed by atoms with E-state index >= 15 is 0 Å². The molecule has 1 aliphatic rings. The van der Waals surface area contributed by atoms with Gasteiger partial charge in [-0.05, 0) is 28.8 Å². The maximum absolute atomic E-state index is 11.8. The number of nitrogens with two attached hydrogens (primary N) is 1. The van der Waals surface area contributed by atoms with Gasteiger partial charge in [0.2, 0.25) is 5.91 Å². The monoisotopic (exact) mass is 312 g/mol. The number of nitrogen functional groups attached to an aromatic ring is 1. The Morgan fingerprint density at radius 2 is 2.17 bits per heavy atom. The predicted octanol–water partition coefficient (Wildman–Crippen LogP) is 1.85. The molecule has 18 heavy (non-hydrogen) atoms. The number of hydrogen-bond acceptors (Lipinski definition) is 4. The Balaban J connectivity index is 1.83. The zero-order chi connectivity index (χ0) is 13.0. The van der Waals surface area contributed by atoms with Crippen LogP contribution in [-0.2, 0) is 4.79 Å². The van der Waals surface area contributed by atoms with Crippen LogP contribution in [0.1, 0.15) is 19.3 Å². The summed E-state index contributed by atoms with van der Waals surface area (Å²) >= 11 is 3.38. The topological polar surface area (TPSA) is 71.2 Å². The SMILES string of the molecule is Nc1cncc(Br)c1NCCC(=O)N1CCCC1. The van der Waals surface area contributed by atoms with Crippen molar-refractivity contribution in [2.24, 2.45) is 0 Å². The molecule has 3 N–H and O–H groups in total. The molecule has 1 aromatic rings. The fourth-order valence-corrected chi connectivity index (χ4v) is 2.54. The minimum absolute atomic E-state index is 0.212. The minimum atomic E-state index is 0.212. The highest BCUT2D eigenvalue weighted by Gasteiger charge is 2.17. The van der Waals surface area contributed by atoms with E-state index in [2.05, 4.69) is 26.2 Å². The van der Waals surface area contributed by atoms with Crippen LogP contribution in [0.15, 0.2) is 16.9 Å². The van der Waals surface area contributed by atoms with Crippen molar-refractivity contribution in [1.82, 2.24) is 9.88 Å². The minimum Gasteiger partial charge on any atom is -0.396 e. The first-order valence-electron chi connectivity index (χ1n) is 6.09. The van der Waals surface area contributed by atoms with Gasteiger partial charge in [-0.25, -0.2) is 0 Å². The number of nitrogens with zero attached hydrogens (tertiary/aromatic N) is 2. The smallest absolute Gasteiger partial charge is 0.224 e. The molecular formula is C12H17BrN4O. The van der Waals surface area contributed by atoms with Crippen LogP contribution in [-0.4, -0.2) is 35.4 Å². The first-order chi connectivity index (χ1) is 8.68. The number of aromatic nitrogens is 1. The number of rotatable bonds is 4. The molecule has 1 aliphatic heterocycles. The average molecular weight is 313 g/mol. The quantitative estimate of drug-likeness (QED) is 0.890. The second-order valence-electron chi connectivity index (χ2n) is 4.35. The number of amides is 1. The summed E-state index contributed by atoms with van der Waals surface area (Å²) in [6.45, 7) is 2.39. The first kappa shape index (κ1) is 13.1. The Labute approximate surface area is 115 Å². The zero-order valence-electron chi connectivity index (χ0n) is 10.2. The number of likely N-dealkylation sites (tertiary alicyclic amines) is 1. The molecule has 2 rings (SSSR count). The van der Waals surface area contributed by atoms with Crippen molar-refractivity contribution in [3.63, 3.8) is 0 Å². The van der Waals surface area contributed by atoms with Gasteiger partial charge >= 0.3 is 0 Å². The fraction of sp³-hybridized carbons (Fsp3) is 0.500. The molecule has 0 atom stereocenters. The molecule has 6 heteroatoms. The van der Waals surface area contributed by atoms with Crippen molar-refractivity contribution in [3.8, 4) is 0 Å². The van der Waals surface area contributed by atoms with E-state index in [0.29, 0.717) is 18.7 Å². The van der Waals surface area contributed by atoms with Gasteiger partial charge in [-0.2, -0.15) is 0 Å². The van der Waals surface area contributed by atoms with E-state index in [0.717, 1.165) is 36.1 Å². The second kappa shape index (κ2) is 6.04. The van der Waals surface area contributed by atoms with Crippen molar-refractivity contribution in [1.29, 1.82) is 0 Å². The molecule has 0 radical (unpaired) electrons. The van der Waals surface area contributed by atoms with E-state index in [9.17, 15) is 4.79 Å². The molecule has 0 aromatic carbocycles. The zero-order valence-corrected chi connectivity index (χ0v) is 11.7. The van der Waals surface area contributed by atoms with Crippen LogP contribution in [0, 0.1) is 0 Å². The lowest BCUT2D eigenvalue weighted by atomic mass is 10.3. The molecule has 5 nitrogen and oxygen atoms in total. The third-order valence-corrected chi connectivity index (χ3v) is 3.63. The lowest BCUT2D eigenvalue weighted by Gasteiger charge is -2.16. The maximum Gasteiger partial charge on any atom is 0.224 e. The second-order valence-corrected chi connectivity index (χ2v) is 5.20. The van der Waals surface area contributed by atoms with E-state index in [1.807, 2.05) is 4.90 Å². The highest BCUT2D eigenvalue weighted by molar-refractivity contribution is 9.10. The van der Waals surface area contributed by atoms with Crippen molar-refractivity contribution in [3.05, 3.63) is 16.9 Å². The van der Waals surface area contributed by atoms with Crippen molar-refractivity contribution in [2.75, 3.05) is 30.7 Å². The molecule has 1 aromatic heterocycles. The van der Waals surface area contributed by atoms with Crippen LogP contribution < -0.4 is 11.1 Å². The summed E-state index contributed by atoms with van der Waals surface area (Å²) in [6, 6.07) is 0. The lowest BCUT2D eigenvalue weighted by Crippen LogP contribution is -2.29. The van der Waals surface area contributed by atoms with E-state index < -0.39 is 0 Å². The number of halogens is 1. The van der Waals surface area contributed by atoms with Crippen molar-refractivity contribution < 1.29 is 4.79 Å². The molecule has 2 heterocycles. The molecular weight excluding hydrogens is 296 g/mol. The van der Waals surface area contributed by atoms with Gasteiger partial charge in [0, 0.05) is 32.3 Å². The number of carbonyl (C=O) groups excluding carboxylic acids is 1. The Morgan fingerprint density at radius 3 is 2.83 bits per heavy atom. The Kier molecular flexibility index (Phi) is 4.41. The van der Waals surface area contributed by atoms with Gasteiger partial charge in [-0.15, -0.1) is 0 Å². The number of pyridine rings is 1. The molecule has 0 bridgehead atoms. The van der Waals surface area contributed by atoms with Gasteiger partial charge in [0.1, 0.15) is 0 Å². The van der Waals surface area contributed by atoms with Gasteiger partial charge in [0.15, 0.2) is 0 Å². The summed E-state index contributed by atoms with van der Waals surface area (Å²) in [5, 5.41) is 3.18. The molecule has 98 valence electrons. The largest absolute Gasteiger partial charge is 0.396 e. The van der Waals surface area contributed by atoms with Crippen LogP contribution in [0.25, 0.3) is 0 Å². The maximum atomic E-state index is 11.8. The molecule has 0 aliphatic carbocycles. The molecule has 1 saturated heterocycles. The third kappa shape index (κ3) is 3.13. The van der Waals surface area contributed by atoms with Crippen LogP contribution in [0.2, 0.25) is 0 Å². The van der Waals surface area contributed by atoms with E-state index in [-0.39, 0.29) is 5.91 Å². The Hall–Kier alpha value is -1.30. The standard InChI is InChI=1S/C12H17BrN4O/c13-9-7-15-8-10(14)12(9)16-4-3-11(18)17-5-1-2-6-17/h7-8H,1-6,14H2,(H,15,16). The molecule has 1 amide bonds. The van der Waals surface area contributed by atoms with Crippen molar-refractivity contribution >= 4 is 33.2 Å². The highest BCUT2D eigenvalue weighted by Crippen LogP contribution is 2.26. The number of hydrogen-bond donors (Lipinski definition) is 2. The number of nitrogens with one attached hydrogen (secondary N) is 1. The van der Waals surface area contributed by atoms with Crippen molar-refractivity contribution in [2.45, 2.75) is 19.3 Å². The number of anilines is 2. The summed E-state index contributed by atoms with van der Waals surface area (Å²) in [5.41, 5.74) is 7.20. The van der Waals surface area contributed by atoms with Crippen LogP contribution >= 0.6 is 15.9 Å². The normalized spacial score (nSPS) is 14.8. The molecule has 0 unspecified atom stereocenters. The van der Waals surface area contributed by atoms with E-state index in [1.165, 1.54) is 0 Å². The predicted molar refractivity (Wildman–Crippen MR) is 75.3 cm³/mol. The van der Waals surface area contributed by atoms with Gasteiger partial charge in [0.05, 0.1) is 22.0 Å². The van der Waals surface area contributed by atoms with Gasteiger partial charge in [0.25, 0.3) is 0 Å². The summed E-state index contributed by atoms with van der Waals surface area (Å²) < 4.78 is 0.816. The molecule has 0 spiro atoms. The average Bonchev–Trinajstić information content (AvgIpc) is 2.86. The summed E-state index contributed by atoms with van der Waals surface area (Å²) in [7, 11) is 0. The van der Waals surface area contributed by atoms with Crippen LogP contribution in [0.3, 0.4) is 0 Å². The number of carbonyl (C=O) groups is 1. The van der Waals surface area contributed by atoms with Gasteiger partial charge in [-0.3, -0.25) is 9.78 Å². The lowest BCUT2D eigenvalue weighted by molar-refractivity contribution is -0.129. The van der Waals surface area contributed by atoms with Crippen LogP contribution in [0.4, 0.5) is 11.4 Å². The Bertz CT molecular complexity index is 412. The summed E-state index contributed by atoms with van der Waals surface area (Å²) in [5.74, 6) is 0.212. The summed E-state index contributed by atoms with van der Waals surface area (Å²) in [6.07, 6.45) is 6.02. The highest BCUT2D eigenvalue weighted by atomic mass is 79.9. The summed E-state index contributed by atoms with van der Waals surface area (Å²) in [4.78, 5) is 17.7. The van der Waals surface area contributed by atoms with Gasteiger partial charge < -0.3 is 16.0 Å². The fourth-order valence-electron chi connectivity index (χ4n) is 2.06. The van der Waals surface area contributed by atoms with E-state index in [4.69, 9.17) is 5.73 Å². The molecule has 0 saturated carbocycles.